The van der Waals surface area contributed by atoms with E-state index in [1.807, 2.05) is 0 Å². The van der Waals surface area contributed by atoms with Crippen LogP contribution in [0.5, 0.6) is 0 Å². The van der Waals surface area contributed by atoms with E-state index in [1.54, 1.807) is 0 Å². The first-order valence-corrected chi connectivity index (χ1v) is 23.4. The summed E-state index contributed by atoms with van der Waals surface area (Å²) in [6.45, 7) is 4.38. The van der Waals surface area contributed by atoms with E-state index in [1.165, 1.54) is 212 Å². The van der Waals surface area contributed by atoms with Gasteiger partial charge in [-0.15, -0.1) is 0 Å². The Morgan fingerprint density at radius 1 is 0.451 bits per heavy atom. The van der Waals surface area contributed by atoms with Gasteiger partial charge in [0.25, 0.3) is 0 Å². The molecule has 0 aliphatic rings. The number of rotatable bonds is 43. The Hall–Kier alpha value is -0.870. The molecule has 51 heavy (non-hydrogen) atoms. The van der Waals surface area contributed by atoms with E-state index in [2.05, 4.69) is 31.3 Å². The van der Waals surface area contributed by atoms with Crippen LogP contribution >= 0.6 is 0 Å². The molecule has 0 bridgehead atoms. The lowest BCUT2D eigenvalue weighted by Gasteiger charge is -2.22. The van der Waals surface area contributed by atoms with E-state index in [0.29, 0.717) is 12.8 Å². The molecule has 0 aliphatic heterocycles. The van der Waals surface area contributed by atoms with Gasteiger partial charge in [0.15, 0.2) is 0 Å². The molecule has 0 fully saturated rings. The van der Waals surface area contributed by atoms with Gasteiger partial charge < -0.3 is 15.5 Å². The minimum absolute atomic E-state index is 0.0320. The van der Waals surface area contributed by atoms with Crippen LogP contribution in [-0.4, -0.2) is 34.9 Å². The predicted octanol–water partition coefficient (Wildman–Crippen LogP) is 14.6. The number of aliphatic hydroxyl groups is 2. The maximum atomic E-state index is 12.4. The van der Waals surface area contributed by atoms with E-state index < -0.39 is 12.1 Å². The summed E-state index contributed by atoms with van der Waals surface area (Å²) in [4.78, 5) is 12.4. The van der Waals surface area contributed by atoms with Crippen molar-refractivity contribution in [3.05, 3.63) is 12.2 Å². The smallest absolute Gasteiger partial charge is 0.220 e. The van der Waals surface area contributed by atoms with Gasteiger partial charge in [-0.3, -0.25) is 4.79 Å². The highest BCUT2D eigenvalue weighted by atomic mass is 16.3. The molecule has 0 rings (SSSR count). The summed E-state index contributed by atoms with van der Waals surface area (Å²) in [7, 11) is 0. The molecule has 3 N–H and O–H groups in total. The van der Waals surface area contributed by atoms with E-state index >= 15 is 0 Å². The highest BCUT2D eigenvalue weighted by molar-refractivity contribution is 5.76. The van der Waals surface area contributed by atoms with Crippen LogP contribution in [0, 0.1) is 0 Å². The number of allylic oxidation sites excluding steroid dienone is 2. The van der Waals surface area contributed by atoms with Gasteiger partial charge in [0.2, 0.25) is 5.91 Å². The summed E-state index contributed by atoms with van der Waals surface area (Å²) in [5.41, 5.74) is 0. The van der Waals surface area contributed by atoms with Crippen molar-refractivity contribution in [1.29, 1.82) is 0 Å². The lowest BCUT2D eigenvalue weighted by atomic mass is 10.0. The largest absolute Gasteiger partial charge is 0.394 e. The van der Waals surface area contributed by atoms with Gasteiger partial charge >= 0.3 is 0 Å². The van der Waals surface area contributed by atoms with Crippen molar-refractivity contribution in [1.82, 2.24) is 5.32 Å². The Balaban J connectivity index is 3.48. The van der Waals surface area contributed by atoms with Crippen LogP contribution in [0.4, 0.5) is 0 Å². The number of aliphatic hydroxyl groups excluding tert-OH is 2. The standard InChI is InChI=1S/C47H93NO3/c1-3-5-7-9-11-13-15-17-19-21-22-23-24-25-27-29-31-33-35-37-39-41-43-47(51)48-45(44-49)46(50)42-40-38-36-34-32-30-28-26-20-18-16-14-12-10-8-6-4-2/h24-25,45-46,49-50H,3-23,26-44H2,1-2H3,(H,48,51)/b25-24-. The number of hydrogen-bond acceptors (Lipinski definition) is 3. The van der Waals surface area contributed by atoms with Crippen molar-refractivity contribution in [3.63, 3.8) is 0 Å². The molecule has 0 aromatic carbocycles. The maximum absolute atomic E-state index is 12.4. The molecule has 0 saturated carbocycles. The van der Waals surface area contributed by atoms with E-state index in [9.17, 15) is 15.0 Å². The van der Waals surface area contributed by atoms with Crippen LogP contribution in [0.15, 0.2) is 12.2 Å². The average Bonchev–Trinajstić information content (AvgIpc) is 3.13. The van der Waals surface area contributed by atoms with Gasteiger partial charge in [-0.1, -0.05) is 231 Å². The van der Waals surface area contributed by atoms with Crippen LogP contribution < -0.4 is 5.32 Å². The summed E-state index contributed by atoms with van der Waals surface area (Å²) in [6.07, 6.45) is 54.4. The monoisotopic (exact) mass is 720 g/mol. The molecule has 0 radical (unpaired) electrons. The second-order valence-electron chi connectivity index (χ2n) is 16.2. The van der Waals surface area contributed by atoms with Crippen molar-refractivity contribution >= 4 is 5.91 Å². The Morgan fingerprint density at radius 3 is 1.08 bits per heavy atom. The molecule has 4 heteroatoms. The van der Waals surface area contributed by atoms with E-state index in [-0.39, 0.29) is 12.5 Å². The van der Waals surface area contributed by atoms with Crippen molar-refractivity contribution in [2.75, 3.05) is 6.61 Å². The molecular weight excluding hydrogens is 627 g/mol. The third-order valence-corrected chi connectivity index (χ3v) is 11.0. The van der Waals surface area contributed by atoms with Gasteiger partial charge in [0, 0.05) is 6.42 Å². The van der Waals surface area contributed by atoms with Gasteiger partial charge in [0.1, 0.15) is 0 Å². The van der Waals surface area contributed by atoms with E-state index in [4.69, 9.17) is 0 Å². The second-order valence-corrected chi connectivity index (χ2v) is 16.2. The SMILES string of the molecule is CCCCCCCCCCCCC/C=C\CCCCCCCCCC(=O)NC(CO)C(O)CCCCCCCCCCCCCCCCCCC. The maximum Gasteiger partial charge on any atom is 0.220 e. The fourth-order valence-corrected chi connectivity index (χ4v) is 7.42. The lowest BCUT2D eigenvalue weighted by Crippen LogP contribution is -2.45. The van der Waals surface area contributed by atoms with Crippen LogP contribution in [-0.2, 0) is 4.79 Å². The van der Waals surface area contributed by atoms with Crippen molar-refractivity contribution in [3.8, 4) is 0 Å². The summed E-state index contributed by atoms with van der Waals surface area (Å²) < 4.78 is 0. The zero-order chi connectivity index (χ0) is 37.1. The van der Waals surface area contributed by atoms with Crippen LogP contribution in [0.1, 0.15) is 264 Å². The molecular formula is C47H93NO3. The fourth-order valence-electron chi connectivity index (χ4n) is 7.42. The molecule has 0 aliphatic carbocycles. The summed E-state index contributed by atoms with van der Waals surface area (Å²) >= 11 is 0. The van der Waals surface area contributed by atoms with Gasteiger partial charge in [-0.2, -0.15) is 0 Å². The predicted molar refractivity (Wildman–Crippen MR) is 226 cm³/mol. The summed E-state index contributed by atoms with van der Waals surface area (Å²) in [5.74, 6) is -0.0320. The first-order chi connectivity index (χ1) is 25.2. The Morgan fingerprint density at radius 2 is 0.745 bits per heavy atom. The molecule has 4 nitrogen and oxygen atoms in total. The normalized spacial score (nSPS) is 12.9. The summed E-state index contributed by atoms with van der Waals surface area (Å²) in [6, 6.07) is -0.535. The third-order valence-electron chi connectivity index (χ3n) is 11.0. The molecule has 304 valence electrons. The van der Waals surface area contributed by atoms with Gasteiger partial charge in [-0.25, -0.2) is 0 Å². The number of nitrogens with one attached hydrogen (secondary N) is 1. The van der Waals surface area contributed by atoms with Gasteiger partial charge in [0.05, 0.1) is 18.8 Å². The zero-order valence-corrected chi connectivity index (χ0v) is 34.9. The molecule has 0 spiro atoms. The molecule has 2 unspecified atom stereocenters. The topological polar surface area (TPSA) is 69.6 Å². The first-order valence-electron chi connectivity index (χ1n) is 23.4. The quantitative estimate of drug-likeness (QED) is 0.0434. The molecule has 1 amide bonds. The van der Waals surface area contributed by atoms with Crippen LogP contribution in [0.25, 0.3) is 0 Å². The average molecular weight is 720 g/mol. The highest BCUT2D eigenvalue weighted by Crippen LogP contribution is 2.16. The Labute approximate surface area is 320 Å². The Kier molecular flexibility index (Phi) is 42.8. The second kappa shape index (κ2) is 43.5. The van der Waals surface area contributed by atoms with Crippen LogP contribution in [0.2, 0.25) is 0 Å². The molecule has 0 saturated heterocycles. The number of unbranched alkanes of at least 4 members (excludes halogenated alkanes) is 34. The fraction of sp³-hybridized carbons (Fsp3) is 0.936. The number of hydrogen-bond donors (Lipinski definition) is 3. The third kappa shape index (κ3) is 40.2. The molecule has 2 atom stereocenters. The first kappa shape index (κ1) is 50.1. The number of carbonyl (C=O) groups is 1. The zero-order valence-electron chi connectivity index (χ0n) is 34.9. The minimum atomic E-state index is -0.658. The molecule has 0 aromatic rings. The molecule has 0 aromatic heterocycles. The van der Waals surface area contributed by atoms with Crippen molar-refractivity contribution < 1.29 is 15.0 Å². The van der Waals surface area contributed by atoms with E-state index in [0.717, 1.165) is 25.7 Å². The van der Waals surface area contributed by atoms with Crippen molar-refractivity contribution in [2.45, 2.75) is 276 Å². The Bertz CT molecular complexity index is 695. The highest BCUT2D eigenvalue weighted by Gasteiger charge is 2.20. The van der Waals surface area contributed by atoms with Crippen molar-refractivity contribution in [2.24, 2.45) is 0 Å². The number of amides is 1. The minimum Gasteiger partial charge on any atom is -0.394 e. The number of carbonyl (C=O) groups excluding carboxylic acids is 1. The molecule has 0 heterocycles. The van der Waals surface area contributed by atoms with Crippen LogP contribution in [0.3, 0.4) is 0 Å². The van der Waals surface area contributed by atoms with Gasteiger partial charge in [-0.05, 0) is 38.5 Å². The lowest BCUT2D eigenvalue weighted by molar-refractivity contribution is -0.123. The summed E-state index contributed by atoms with van der Waals surface area (Å²) in [5, 5.41) is 23.2.